The number of nitrogens with one attached hydrogen (secondary N) is 1. The molecule has 2 rings (SSSR count). The molecule has 1 aromatic heterocycles. The molecule has 4 nitrogen and oxygen atoms in total. The minimum atomic E-state index is -3.51. The van der Waals surface area contributed by atoms with E-state index in [9.17, 15) is 8.42 Å². The third-order valence-electron chi connectivity index (χ3n) is 2.37. The van der Waals surface area contributed by atoms with Gasteiger partial charge in [0.1, 0.15) is 4.21 Å². The van der Waals surface area contributed by atoms with Crippen molar-refractivity contribution in [3.05, 3.63) is 46.8 Å². The van der Waals surface area contributed by atoms with Crippen LogP contribution < -0.4 is 10.5 Å². The van der Waals surface area contributed by atoms with Crippen molar-refractivity contribution in [3.8, 4) is 0 Å². The molecular weight excluding hydrogens is 268 g/mol. The molecule has 6 heteroatoms. The Bertz CT molecular complexity index is 648. The van der Waals surface area contributed by atoms with Crippen molar-refractivity contribution in [1.29, 1.82) is 0 Å². The van der Waals surface area contributed by atoms with Crippen molar-refractivity contribution in [1.82, 2.24) is 0 Å². The van der Waals surface area contributed by atoms with Gasteiger partial charge < -0.3 is 5.73 Å². The van der Waals surface area contributed by atoms with Crippen LogP contribution in [0.4, 0.5) is 5.69 Å². The van der Waals surface area contributed by atoms with Crippen molar-refractivity contribution in [3.63, 3.8) is 0 Å². The van der Waals surface area contributed by atoms with E-state index in [4.69, 9.17) is 5.73 Å². The summed E-state index contributed by atoms with van der Waals surface area (Å²) in [6.45, 7) is 2.26. The van der Waals surface area contributed by atoms with Gasteiger partial charge in [0.25, 0.3) is 10.0 Å². The van der Waals surface area contributed by atoms with Gasteiger partial charge in [0.2, 0.25) is 0 Å². The number of aryl methyl sites for hydroxylation is 1. The average Bonchev–Trinajstić information content (AvgIpc) is 2.77. The van der Waals surface area contributed by atoms with Crippen LogP contribution in [-0.2, 0) is 16.6 Å². The van der Waals surface area contributed by atoms with Crippen molar-refractivity contribution in [2.75, 3.05) is 4.72 Å². The topological polar surface area (TPSA) is 72.2 Å². The Morgan fingerprint density at radius 2 is 2.06 bits per heavy atom. The number of rotatable bonds is 4. The number of benzene rings is 1. The second kappa shape index (κ2) is 5.09. The lowest BCUT2D eigenvalue weighted by Crippen LogP contribution is -2.11. The first-order valence-electron chi connectivity index (χ1n) is 5.39. The summed E-state index contributed by atoms with van der Waals surface area (Å²) in [6, 6.07) is 10.5. The first kappa shape index (κ1) is 13.1. The zero-order valence-electron chi connectivity index (χ0n) is 9.88. The van der Waals surface area contributed by atoms with Crippen LogP contribution in [-0.4, -0.2) is 8.42 Å². The molecule has 0 saturated heterocycles. The van der Waals surface area contributed by atoms with Gasteiger partial charge in [-0.25, -0.2) is 8.42 Å². The summed E-state index contributed by atoms with van der Waals surface area (Å²) < 4.78 is 27.0. The fourth-order valence-electron chi connectivity index (χ4n) is 1.53. The fourth-order valence-corrected chi connectivity index (χ4v) is 3.81. The Labute approximate surface area is 111 Å². The fraction of sp³-hybridized carbons (Fsp3) is 0.167. The molecule has 1 heterocycles. The van der Waals surface area contributed by atoms with Crippen LogP contribution >= 0.6 is 11.3 Å². The second-order valence-electron chi connectivity index (χ2n) is 3.90. The molecule has 0 fully saturated rings. The van der Waals surface area contributed by atoms with Gasteiger partial charge in [0, 0.05) is 17.1 Å². The van der Waals surface area contributed by atoms with Crippen molar-refractivity contribution in [2.45, 2.75) is 17.7 Å². The molecule has 3 N–H and O–H groups in total. The first-order chi connectivity index (χ1) is 8.51. The Hall–Kier alpha value is -1.37. The SMILES string of the molecule is Cc1cccc(NS(=O)(=O)c2ccc(CN)s2)c1. The molecule has 18 heavy (non-hydrogen) atoms. The molecule has 0 aliphatic rings. The number of nitrogens with two attached hydrogens (primary N) is 1. The lowest BCUT2D eigenvalue weighted by molar-refractivity contribution is 0.603. The Balaban J connectivity index is 2.27. The lowest BCUT2D eigenvalue weighted by Gasteiger charge is -2.06. The number of anilines is 1. The van der Waals surface area contributed by atoms with E-state index < -0.39 is 10.0 Å². The van der Waals surface area contributed by atoms with Gasteiger partial charge in [-0.05, 0) is 36.8 Å². The number of thiophene rings is 1. The van der Waals surface area contributed by atoms with Crippen LogP contribution in [0.1, 0.15) is 10.4 Å². The van der Waals surface area contributed by atoms with E-state index in [1.165, 1.54) is 11.3 Å². The summed E-state index contributed by atoms with van der Waals surface area (Å²) in [5.74, 6) is 0. The highest BCUT2D eigenvalue weighted by atomic mass is 32.2. The highest BCUT2D eigenvalue weighted by Crippen LogP contribution is 2.24. The maximum Gasteiger partial charge on any atom is 0.271 e. The molecule has 0 amide bonds. The molecule has 0 aliphatic heterocycles. The maximum atomic E-state index is 12.1. The molecule has 0 saturated carbocycles. The largest absolute Gasteiger partial charge is 0.326 e. The summed E-state index contributed by atoms with van der Waals surface area (Å²) in [4.78, 5) is 0.847. The lowest BCUT2D eigenvalue weighted by atomic mass is 10.2. The highest BCUT2D eigenvalue weighted by molar-refractivity contribution is 7.94. The van der Waals surface area contributed by atoms with Crippen molar-refractivity contribution >= 4 is 27.0 Å². The van der Waals surface area contributed by atoms with Gasteiger partial charge in [-0.2, -0.15) is 0 Å². The summed E-state index contributed by atoms with van der Waals surface area (Å²) in [5, 5.41) is 0. The summed E-state index contributed by atoms with van der Waals surface area (Å²) in [5.41, 5.74) is 7.05. The van der Waals surface area contributed by atoms with Crippen molar-refractivity contribution < 1.29 is 8.42 Å². The maximum absolute atomic E-state index is 12.1. The predicted octanol–water partition coefficient (Wildman–Crippen LogP) is 2.32. The van der Waals surface area contributed by atoms with Gasteiger partial charge in [-0.1, -0.05) is 12.1 Å². The van der Waals surface area contributed by atoms with Gasteiger partial charge in [0.05, 0.1) is 0 Å². The molecular formula is C12H14N2O2S2. The summed E-state index contributed by atoms with van der Waals surface area (Å²) >= 11 is 1.19. The quantitative estimate of drug-likeness (QED) is 0.904. The minimum Gasteiger partial charge on any atom is -0.326 e. The molecule has 0 aliphatic carbocycles. The smallest absolute Gasteiger partial charge is 0.271 e. The number of hydrogen-bond acceptors (Lipinski definition) is 4. The van der Waals surface area contributed by atoms with Crippen LogP contribution in [0.25, 0.3) is 0 Å². The van der Waals surface area contributed by atoms with E-state index in [2.05, 4.69) is 4.72 Å². The normalized spacial score (nSPS) is 11.4. The van der Waals surface area contributed by atoms with E-state index in [0.29, 0.717) is 12.2 Å². The average molecular weight is 282 g/mol. The van der Waals surface area contributed by atoms with E-state index in [-0.39, 0.29) is 4.21 Å². The Morgan fingerprint density at radius 1 is 1.28 bits per heavy atom. The third-order valence-corrected chi connectivity index (χ3v) is 5.35. The zero-order chi connectivity index (χ0) is 13.2. The molecule has 0 unspecified atom stereocenters. The molecule has 1 aromatic carbocycles. The second-order valence-corrected chi connectivity index (χ2v) is 6.98. The van der Waals surface area contributed by atoms with Crippen LogP contribution in [0.5, 0.6) is 0 Å². The monoisotopic (exact) mass is 282 g/mol. The first-order valence-corrected chi connectivity index (χ1v) is 7.69. The molecule has 0 bridgehead atoms. The van der Waals surface area contributed by atoms with Crippen LogP contribution in [0, 0.1) is 6.92 Å². The highest BCUT2D eigenvalue weighted by Gasteiger charge is 2.16. The van der Waals surface area contributed by atoms with E-state index in [0.717, 1.165) is 10.4 Å². The molecule has 0 spiro atoms. The Morgan fingerprint density at radius 3 is 2.67 bits per heavy atom. The standard InChI is InChI=1S/C12H14N2O2S2/c1-9-3-2-4-10(7-9)14-18(15,16)12-6-5-11(8-13)17-12/h2-7,14H,8,13H2,1H3. The van der Waals surface area contributed by atoms with Crippen LogP contribution in [0.3, 0.4) is 0 Å². The van der Waals surface area contributed by atoms with Gasteiger partial charge >= 0.3 is 0 Å². The van der Waals surface area contributed by atoms with Gasteiger partial charge in [0.15, 0.2) is 0 Å². The number of hydrogen-bond donors (Lipinski definition) is 2. The number of sulfonamides is 1. The minimum absolute atomic E-state index is 0.282. The van der Waals surface area contributed by atoms with Gasteiger partial charge in [-0.3, -0.25) is 4.72 Å². The molecule has 0 atom stereocenters. The van der Waals surface area contributed by atoms with Crippen molar-refractivity contribution in [2.24, 2.45) is 5.73 Å². The third kappa shape index (κ3) is 2.90. The Kier molecular flexibility index (Phi) is 3.70. The molecule has 2 aromatic rings. The van der Waals surface area contributed by atoms with Crippen LogP contribution in [0.2, 0.25) is 0 Å². The van der Waals surface area contributed by atoms with Gasteiger partial charge in [-0.15, -0.1) is 11.3 Å². The summed E-state index contributed by atoms with van der Waals surface area (Å²) in [7, 11) is -3.51. The zero-order valence-corrected chi connectivity index (χ0v) is 11.5. The van der Waals surface area contributed by atoms with E-state index in [1.807, 2.05) is 19.1 Å². The van der Waals surface area contributed by atoms with E-state index in [1.54, 1.807) is 24.3 Å². The summed E-state index contributed by atoms with van der Waals surface area (Å²) in [6.07, 6.45) is 0. The van der Waals surface area contributed by atoms with Crippen LogP contribution in [0.15, 0.2) is 40.6 Å². The molecule has 96 valence electrons. The van der Waals surface area contributed by atoms with E-state index >= 15 is 0 Å². The predicted molar refractivity (Wildman–Crippen MR) is 74.2 cm³/mol. The molecule has 0 radical (unpaired) electrons.